The quantitative estimate of drug-likeness (QED) is 0.462. The number of benzene rings is 1. The molecule has 1 amide bonds. The molecule has 0 aliphatic heterocycles. The molecule has 1 unspecified atom stereocenters. The smallest absolute Gasteiger partial charge is 0.422 e. The lowest BCUT2D eigenvalue weighted by molar-refractivity contribution is -0.189. The number of hydrogen-bond acceptors (Lipinski definition) is 3. The van der Waals surface area contributed by atoms with Crippen LogP contribution < -0.4 is 0 Å². The number of carbonyl (C=O) groups is 2. The second-order valence-electron chi connectivity index (χ2n) is 5.02. The van der Waals surface area contributed by atoms with E-state index >= 15 is 0 Å². The van der Waals surface area contributed by atoms with Gasteiger partial charge in [0.1, 0.15) is 5.82 Å². The molecule has 11 heteroatoms. The van der Waals surface area contributed by atoms with Crippen molar-refractivity contribution in [2.45, 2.75) is 25.3 Å². The largest absolute Gasteiger partial charge is 0.449 e. The third-order valence-electron chi connectivity index (χ3n) is 3.22. The Bertz CT molecular complexity index is 655. The predicted octanol–water partition coefficient (Wildman–Crippen LogP) is 3.47. The second-order valence-corrected chi connectivity index (χ2v) is 5.02. The molecule has 0 saturated carbocycles. The first-order valence-electron chi connectivity index (χ1n) is 6.61. The number of likely N-dealkylation sites (N-methyl/N-ethyl adjacent to an activating group) is 1. The Morgan fingerprint density at radius 1 is 1.16 bits per heavy atom. The van der Waals surface area contributed by atoms with Gasteiger partial charge >= 0.3 is 24.2 Å². The van der Waals surface area contributed by atoms with E-state index in [1.165, 1.54) is 6.92 Å². The Hall–Kier alpha value is -2.33. The van der Waals surface area contributed by atoms with Gasteiger partial charge < -0.3 is 9.64 Å². The number of alkyl halides is 6. The summed E-state index contributed by atoms with van der Waals surface area (Å²) in [6.45, 7) is -0.797. The van der Waals surface area contributed by atoms with Gasteiger partial charge in [-0.3, -0.25) is 4.79 Å². The van der Waals surface area contributed by atoms with Crippen molar-refractivity contribution in [2.24, 2.45) is 0 Å². The van der Waals surface area contributed by atoms with Gasteiger partial charge in [-0.2, -0.15) is 26.3 Å². The van der Waals surface area contributed by atoms with Gasteiger partial charge in [-0.25, -0.2) is 9.18 Å². The lowest BCUT2D eigenvalue weighted by Crippen LogP contribution is -2.38. The van der Waals surface area contributed by atoms with Crippen molar-refractivity contribution in [1.82, 2.24) is 4.90 Å². The topological polar surface area (TPSA) is 46.6 Å². The van der Waals surface area contributed by atoms with E-state index in [2.05, 4.69) is 4.74 Å². The molecule has 0 radical (unpaired) electrons. The van der Waals surface area contributed by atoms with Crippen molar-refractivity contribution in [2.75, 3.05) is 13.7 Å². The highest BCUT2D eigenvalue weighted by molar-refractivity contribution is 6.32. The summed E-state index contributed by atoms with van der Waals surface area (Å²) < 4.78 is 90.9. The molecule has 0 saturated heterocycles. The highest BCUT2D eigenvalue weighted by atomic mass is 19.4. The average molecular weight is 375 g/mol. The highest BCUT2D eigenvalue weighted by Crippen LogP contribution is 2.32. The van der Waals surface area contributed by atoms with Crippen LogP contribution >= 0.6 is 0 Å². The van der Waals surface area contributed by atoms with Gasteiger partial charge in [0.05, 0.1) is 11.6 Å². The van der Waals surface area contributed by atoms with Crippen LogP contribution in [0.3, 0.4) is 0 Å². The van der Waals surface area contributed by atoms with E-state index in [1.807, 2.05) is 0 Å². The standard InChI is InChI=1S/C14H12F7NO3/c1-7(9-4-3-8(5-10(9)15)14(19,20)21)22(2)11(23)12(24)25-6-13(16,17)18/h3-5,7H,6H2,1-2H3. The minimum absolute atomic E-state index is 0.214. The zero-order valence-corrected chi connectivity index (χ0v) is 12.8. The average Bonchev–Trinajstić information content (AvgIpc) is 2.48. The minimum Gasteiger partial charge on any atom is -0.449 e. The zero-order valence-electron chi connectivity index (χ0n) is 12.8. The fraction of sp³-hybridized carbons (Fsp3) is 0.429. The molecule has 0 aliphatic carbocycles. The second kappa shape index (κ2) is 7.28. The molecule has 1 aromatic carbocycles. The van der Waals surface area contributed by atoms with Crippen molar-refractivity contribution >= 4 is 11.9 Å². The van der Waals surface area contributed by atoms with E-state index in [1.54, 1.807) is 0 Å². The Balaban J connectivity index is 2.90. The van der Waals surface area contributed by atoms with Gasteiger partial charge in [0, 0.05) is 12.6 Å². The lowest BCUT2D eigenvalue weighted by atomic mass is 10.0. The molecule has 0 fully saturated rings. The molecule has 4 nitrogen and oxygen atoms in total. The molecule has 1 aromatic rings. The summed E-state index contributed by atoms with van der Waals surface area (Å²) in [4.78, 5) is 23.5. The Morgan fingerprint density at radius 2 is 1.72 bits per heavy atom. The van der Waals surface area contributed by atoms with E-state index in [-0.39, 0.29) is 11.6 Å². The number of hydrogen-bond donors (Lipinski definition) is 0. The third kappa shape index (κ3) is 5.61. The van der Waals surface area contributed by atoms with Crippen molar-refractivity contribution in [3.63, 3.8) is 0 Å². The van der Waals surface area contributed by atoms with E-state index in [0.717, 1.165) is 13.1 Å². The lowest BCUT2D eigenvalue weighted by Gasteiger charge is -2.25. The van der Waals surface area contributed by atoms with Gasteiger partial charge in [0.2, 0.25) is 0 Å². The predicted molar refractivity (Wildman–Crippen MR) is 69.6 cm³/mol. The number of ether oxygens (including phenoxy) is 1. The molecule has 1 rings (SSSR count). The van der Waals surface area contributed by atoms with Gasteiger partial charge in [-0.05, 0) is 19.1 Å². The molecule has 140 valence electrons. The zero-order chi connectivity index (χ0) is 19.6. The summed E-state index contributed by atoms with van der Waals surface area (Å²) in [7, 11) is 0.971. The molecule has 1 atom stereocenters. The Labute approximate surface area is 137 Å². The van der Waals surface area contributed by atoms with Crippen LogP contribution in [0.1, 0.15) is 24.1 Å². The molecule has 0 N–H and O–H groups in total. The van der Waals surface area contributed by atoms with Gasteiger partial charge in [-0.1, -0.05) is 6.07 Å². The maximum absolute atomic E-state index is 13.9. The van der Waals surface area contributed by atoms with Crippen LogP contribution in [0.2, 0.25) is 0 Å². The summed E-state index contributed by atoms with van der Waals surface area (Å²) in [5.74, 6) is -4.61. The van der Waals surface area contributed by atoms with E-state index in [0.29, 0.717) is 11.0 Å². The third-order valence-corrected chi connectivity index (χ3v) is 3.22. The van der Waals surface area contributed by atoms with Gasteiger partial charge in [0.15, 0.2) is 6.61 Å². The number of carbonyl (C=O) groups excluding carboxylic acids is 2. The number of halogens is 7. The highest BCUT2D eigenvalue weighted by Gasteiger charge is 2.34. The van der Waals surface area contributed by atoms with Crippen molar-refractivity contribution in [3.05, 3.63) is 35.1 Å². The molecule has 0 aromatic heterocycles. The number of esters is 1. The van der Waals surface area contributed by atoms with Crippen molar-refractivity contribution in [3.8, 4) is 0 Å². The van der Waals surface area contributed by atoms with Crippen LogP contribution in [0.25, 0.3) is 0 Å². The SMILES string of the molecule is CC(c1ccc(C(F)(F)F)cc1F)N(C)C(=O)C(=O)OCC(F)(F)F. The van der Waals surface area contributed by atoms with Gasteiger partial charge in [0.25, 0.3) is 0 Å². The summed E-state index contributed by atoms with van der Waals surface area (Å²) in [5, 5.41) is 0. The molecular weight excluding hydrogens is 363 g/mol. The molecule has 25 heavy (non-hydrogen) atoms. The fourth-order valence-corrected chi connectivity index (χ4v) is 1.78. The molecule has 0 heterocycles. The summed E-state index contributed by atoms with van der Waals surface area (Å²) in [6, 6.07) is 0.336. The van der Waals surface area contributed by atoms with Crippen LogP contribution in [0.5, 0.6) is 0 Å². The first-order chi connectivity index (χ1) is 11.2. The van der Waals surface area contributed by atoms with Crippen LogP contribution in [0.4, 0.5) is 30.7 Å². The van der Waals surface area contributed by atoms with E-state index in [9.17, 15) is 40.3 Å². The molecule has 0 bridgehead atoms. The summed E-state index contributed by atoms with van der Waals surface area (Å²) >= 11 is 0. The first kappa shape index (κ1) is 20.7. The molecular formula is C14H12F7NO3. The Kier molecular flexibility index (Phi) is 6.03. The normalized spacial score (nSPS) is 13.3. The maximum Gasteiger partial charge on any atom is 0.422 e. The van der Waals surface area contributed by atoms with Crippen LogP contribution in [0, 0.1) is 5.82 Å². The maximum atomic E-state index is 13.9. The molecule has 0 spiro atoms. The summed E-state index contributed by atoms with van der Waals surface area (Å²) in [5.41, 5.74) is -1.60. The van der Waals surface area contributed by atoms with E-state index < -0.39 is 48.3 Å². The van der Waals surface area contributed by atoms with Crippen LogP contribution in [-0.2, 0) is 20.5 Å². The number of amides is 1. The monoisotopic (exact) mass is 375 g/mol. The molecule has 0 aliphatic rings. The minimum atomic E-state index is -4.83. The van der Waals surface area contributed by atoms with E-state index in [4.69, 9.17) is 0 Å². The first-order valence-corrected chi connectivity index (χ1v) is 6.61. The van der Waals surface area contributed by atoms with Crippen LogP contribution in [-0.4, -0.2) is 36.6 Å². The number of rotatable bonds is 3. The fourth-order valence-electron chi connectivity index (χ4n) is 1.78. The van der Waals surface area contributed by atoms with Gasteiger partial charge in [-0.15, -0.1) is 0 Å². The van der Waals surface area contributed by atoms with Crippen molar-refractivity contribution < 1.29 is 45.1 Å². The van der Waals surface area contributed by atoms with Crippen molar-refractivity contribution in [1.29, 1.82) is 0 Å². The van der Waals surface area contributed by atoms with Crippen LogP contribution in [0.15, 0.2) is 18.2 Å². The number of nitrogens with zero attached hydrogens (tertiary/aromatic N) is 1. The Morgan fingerprint density at radius 3 is 2.16 bits per heavy atom. The summed E-state index contributed by atoms with van der Waals surface area (Å²) in [6.07, 6.45) is -9.61.